The number of carbonyl (C=O) groups excluding carboxylic acids is 7. The van der Waals surface area contributed by atoms with Crippen molar-refractivity contribution in [3.63, 3.8) is 0 Å². The molecule has 0 bridgehead atoms. The summed E-state index contributed by atoms with van der Waals surface area (Å²) in [5, 5.41) is 8.44. The molecule has 6 atom stereocenters. The molecule has 4 saturated heterocycles. The summed E-state index contributed by atoms with van der Waals surface area (Å²) in [7, 11) is 0. The summed E-state index contributed by atoms with van der Waals surface area (Å²) in [4.78, 5) is 106. The second kappa shape index (κ2) is 12.8. The maximum Gasteiger partial charge on any atom is 0.330 e. The lowest BCUT2D eigenvalue weighted by atomic mass is 9.95. The Morgan fingerprint density at radius 1 is 0.600 bits per heavy atom. The maximum absolute atomic E-state index is 13.1. The van der Waals surface area contributed by atoms with E-state index in [0.29, 0.717) is 11.1 Å². The van der Waals surface area contributed by atoms with Gasteiger partial charge in [-0.3, -0.25) is 38.6 Å². The predicted molar refractivity (Wildman–Crippen MR) is 198 cm³/mol. The maximum atomic E-state index is 13.1. The number of carbonyl (C=O) groups is 8. The Morgan fingerprint density at radius 2 is 0.964 bits per heavy atom. The third-order valence-electron chi connectivity index (χ3n) is 10.7. The van der Waals surface area contributed by atoms with Gasteiger partial charge in [-0.05, 0) is 57.5 Å². The third kappa shape index (κ3) is 5.39. The molecule has 0 spiro atoms. The topological polar surface area (TPSA) is 179 Å². The molecule has 6 heterocycles. The number of ether oxygens (including phenoxy) is 1. The number of thioether (sulfide) groups is 2. The Kier molecular flexibility index (Phi) is 8.49. The van der Waals surface area contributed by atoms with Crippen LogP contribution in [0.5, 0.6) is 0 Å². The number of rotatable bonds is 6. The summed E-state index contributed by atoms with van der Waals surface area (Å²) in [5.41, 5.74) is 2.03. The summed E-state index contributed by atoms with van der Waals surface area (Å²) in [5.74, 6) is -4.38. The van der Waals surface area contributed by atoms with Crippen LogP contribution >= 0.6 is 23.5 Å². The minimum absolute atomic E-state index is 0.117. The van der Waals surface area contributed by atoms with Crippen molar-refractivity contribution < 1.29 is 48.2 Å². The van der Waals surface area contributed by atoms with Crippen molar-refractivity contribution >= 4 is 70.9 Å². The summed E-state index contributed by atoms with van der Waals surface area (Å²) in [6.07, 6.45) is 0. The Bertz CT molecular complexity index is 2180. The minimum atomic E-state index is -1.08. The van der Waals surface area contributed by atoms with Gasteiger partial charge in [0.2, 0.25) is 0 Å². The molecule has 6 aliphatic rings. The first-order chi connectivity index (χ1) is 26.1. The van der Waals surface area contributed by atoms with Gasteiger partial charge in [-0.2, -0.15) is 0 Å². The Balaban J connectivity index is 0.000000160. The van der Waals surface area contributed by atoms with Crippen molar-refractivity contribution in [1.82, 2.24) is 19.6 Å². The average molecular weight is 783 g/mol. The first-order valence-electron chi connectivity index (χ1n) is 17.4. The Morgan fingerprint density at radius 3 is 1.36 bits per heavy atom. The largest absolute Gasteiger partial charge is 0.480 e. The van der Waals surface area contributed by atoms with E-state index in [2.05, 4.69) is 0 Å². The lowest BCUT2D eigenvalue weighted by Crippen LogP contribution is -2.71. The van der Waals surface area contributed by atoms with Crippen molar-refractivity contribution in [3.8, 4) is 0 Å². The number of imide groups is 2. The van der Waals surface area contributed by atoms with Crippen molar-refractivity contribution in [1.29, 1.82) is 0 Å². The fourth-order valence-electron chi connectivity index (χ4n) is 8.17. The number of esters is 1. The first kappa shape index (κ1) is 36.5. The van der Waals surface area contributed by atoms with Crippen LogP contribution in [0.25, 0.3) is 0 Å². The standard InChI is InChI=1S/C23H20N2O5S.C16H14N2O5S/c1-23(2)17(22(29)30-12-13-8-4-3-5-9-13)25-20(28)16(21(25)31-23)24-18(26)14-10-6-7-11-15(14)19(24)27;1-16(2)10(15(22)23)18-13(21)9(14(18)24-16)17-11(19)7-5-3-4-6-8(7)12(17)20/h3-11,16-17,21H,12H2,1-2H3;3-6,9-10,14H,1-2H3,(H,22,23)/t16-,17+,21-;9-,10+,14-/m11/s1. The average Bonchev–Trinajstić information content (AvgIpc) is 3.76. The second-order valence-corrected chi connectivity index (χ2v) is 18.4. The molecule has 55 heavy (non-hydrogen) atoms. The number of benzene rings is 3. The van der Waals surface area contributed by atoms with Gasteiger partial charge in [0.15, 0.2) is 0 Å². The summed E-state index contributed by atoms with van der Waals surface area (Å²) < 4.78 is 4.19. The van der Waals surface area contributed by atoms with Crippen LogP contribution in [0.4, 0.5) is 0 Å². The quantitative estimate of drug-likeness (QED) is 0.220. The molecule has 3 aromatic carbocycles. The van der Waals surface area contributed by atoms with Crippen LogP contribution in [0.2, 0.25) is 0 Å². The molecule has 6 aliphatic heterocycles. The number of fused-ring (bicyclic) bond motifs is 4. The normalized spacial score (nSPS) is 27.8. The fraction of sp³-hybridized carbons (Fsp3) is 0.333. The van der Waals surface area contributed by atoms with E-state index >= 15 is 0 Å². The molecule has 14 nitrogen and oxygen atoms in total. The zero-order valence-electron chi connectivity index (χ0n) is 29.9. The fourth-order valence-corrected chi connectivity index (χ4v) is 11.5. The number of hydrogen-bond donors (Lipinski definition) is 1. The van der Waals surface area contributed by atoms with Gasteiger partial charge in [-0.15, -0.1) is 23.5 Å². The molecular formula is C39H34N4O10S2. The third-order valence-corrected chi connectivity index (χ3v) is 13.8. The minimum Gasteiger partial charge on any atom is -0.480 e. The molecule has 9 rings (SSSR count). The Labute approximate surface area is 323 Å². The zero-order valence-corrected chi connectivity index (χ0v) is 31.5. The molecule has 0 saturated carbocycles. The lowest BCUT2D eigenvalue weighted by Gasteiger charge is -2.46. The highest BCUT2D eigenvalue weighted by atomic mass is 32.2. The van der Waals surface area contributed by atoms with Crippen LogP contribution < -0.4 is 0 Å². The zero-order chi connectivity index (χ0) is 39.3. The predicted octanol–water partition coefficient (Wildman–Crippen LogP) is 3.26. The van der Waals surface area contributed by atoms with E-state index in [1.165, 1.54) is 33.3 Å². The number of hydrogen-bond acceptors (Lipinski definition) is 11. The molecule has 0 aliphatic carbocycles. The molecule has 1 N–H and O–H groups in total. The highest BCUT2D eigenvalue weighted by Crippen LogP contribution is 2.54. The van der Waals surface area contributed by atoms with E-state index in [0.717, 1.165) is 15.4 Å². The van der Waals surface area contributed by atoms with E-state index in [9.17, 15) is 43.5 Å². The number of β-lactam (4-membered cyclic amide) rings is 2. The molecule has 4 fully saturated rings. The van der Waals surface area contributed by atoms with Gasteiger partial charge >= 0.3 is 11.9 Å². The first-order valence-corrected chi connectivity index (χ1v) is 19.2. The molecule has 3 aromatic rings. The lowest BCUT2D eigenvalue weighted by molar-refractivity contribution is -0.166. The van der Waals surface area contributed by atoms with E-state index in [1.807, 2.05) is 44.2 Å². The summed E-state index contributed by atoms with van der Waals surface area (Å²) in [6.45, 7) is 7.36. The van der Waals surface area contributed by atoms with E-state index < -0.39 is 91.8 Å². The summed E-state index contributed by atoms with van der Waals surface area (Å²) >= 11 is 2.73. The number of aliphatic carboxylic acids is 1. The van der Waals surface area contributed by atoms with E-state index in [1.54, 1.807) is 62.4 Å². The van der Waals surface area contributed by atoms with Gasteiger partial charge in [0.05, 0.1) is 22.3 Å². The second-order valence-electron chi connectivity index (χ2n) is 14.9. The highest BCUT2D eigenvalue weighted by Gasteiger charge is 2.69. The molecule has 0 radical (unpaired) electrons. The van der Waals surface area contributed by atoms with E-state index in [-0.39, 0.29) is 17.7 Å². The van der Waals surface area contributed by atoms with Crippen molar-refractivity contribution in [2.75, 3.05) is 0 Å². The Hall–Kier alpha value is -5.48. The van der Waals surface area contributed by atoms with Crippen LogP contribution in [-0.2, 0) is 30.5 Å². The number of carboxylic acids is 1. The monoisotopic (exact) mass is 782 g/mol. The van der Waals surface area contributed by atoms with Gasteiger partial charge in [0.25, 0.3) is 35.4 Å². The van der Waals surface area contributed by atoms with Gasteiger partial charge in [0.1, 0.15) is 41.5 Å². The van der Waals surface area contributed by atoms with Crippen LogP contribution in [0.15, 0.2) is 78.9 Å². The van der Waals surface area contributed by atoms with Crippen LogP contribution in [0, 0.1) is 0 Å². The molecule has 282 valence electrons. The van der Waals surface area contributed by atoms with Crippen LogP contribution in [-0.4, -0.2) is 116 Å². The molecular weight excluding hydrogens is 749 g/mol. The van der Waals surface area contributed by atoms with Crippen LogP contribution in [0.1, 0.15) is 74.7 Å². The molecule has 6 amide bonds. The van der Waals surface area contributed by atoms with Crippen LogP contribution in [0.3, 0.4) is 0 Å². The smallest absolute Gasteiger partial charge is 0.330 e. The molecule has 0 unspecified atom stereocenters. The highest BCUT2D eigenvalue weighted by molar-refractivity contribution is 8.02. The van der Waals surface area contributed by atoms with Gasteiger partial charge in [0, 0.05) is 9.49 Å². The van der Waals surface area contributed by atoms with Crippen molar-refractivity contribution in [2.45, 2.75) is 78.7 Å². The number of amides is 6. The molecule has 16 heteroatoms. The summed E-state index contributed by atoms with van der Waals surface area (Å²) in [6, 6.07) is 18.7. The number of nitrogens with zero attached hydrogens (tertiary/aromatic N) is 4. The van der Waals surface area contributed by atoms with Gasteiger partial charge in [-0.1, -0.05) is 54.6 Å². The van der Waals surface area contributed by atoms with Crippen molar-refractivity contribution in [2.24, 2.45) is 0 Å². The molecule has 0 aromatic heterocycles. The van der Waals surface area contributed by atoms with E-state index in [4.69, 9.17) is 4.74 Å². The number of carboxylic acid groups (broad SMARTS) is 1. The SMILES string of the molecule is CC1(C)S[C@@H]2[C@H](N3C(=O)c4ccccc4C3=O)C(=O)N2[C@H]1C(=O)O.CC1(C)S[C@@H]2[C@H](N3C(=O)c4ccccc4C3=O)C(=O)N2[C@H]1C(=O)OCc1ccccc1. The van der Waals surface area contributed by atoms with Gasteiger partial charge in [-0.25, -0.2) is 9.59 Å². The van der Waals surface area contributed by atoms with Gasteiger partial charge < -0.3 is 19.6 Å². The van der Waals surface area contributed by atoms with Crippen molar-refractivity contribution in [3.05, 3.63) is 107 Å².